The van der Waals surface area contributed by atoms with Crippen molar-refractivity contribution < 1.29 is 14.3 Å². The van der Waals surface area contributed by atoms with Crippen molar-refractivity contribution >= 4 is 11.7 Å². The summed E-state index contributed by atoms with van der Waals surface area (Å²) in [6.45, 7) is 4.94. The molecule has 0 atom stereocenters. The summed E-state index contributed by atoms with van der Waals surface area (Å²) in [4.78, 5) is 26.3. The monoisotopic (exact) mass is 332 g/mol. The molecule has 5 nitrogen and oxygen atoms in total. The van der Waals surface area contributed by atoms with E-state index < -0.39 is 0 Å². The fraction of sp³-hybridized carbons (Fsp3) is 0.579. The lowest BCUT2D eigenvalue weighted by molar-refractivity contribution is -0.132. The van der Waals surface area contributed by atoms with Crippen molar-refractivity contribution in [3.05, 3.63) is 29.8 Å². The maximum absolute atomic E-state index is 12.2. The van der Waals surface area contributed by atoms with Crippen LogP contribution in [0.5, 0.6) is 5.75 Å². The molecule has 0 saturated carbocycles. The molecule has 1 heterocycles. The van der Waals surface area contributed by atoms with Gasteiger partial charge in [-0.25, -0.2) is 0 Å². The zero-order chi connectivity index (χ0) is 17.4. The van der Waals surface area contributed by atoms with Gasteiger partial charge in [-0.1, -0.05) is 6.92 Å². The fourth-order valence-electron chi connectivity index (χ4n) is 2.90. The smallest absolute Gasteiger partial charge is 0.223 e. The zero-order valence-electron chi connectivity index (χ0n) is 14.5. The van der Waals surface area contributed by atoms with Crippen LogP contribution in [-0.2, 0) is 4.79 Å². The Kier molecular flexibility index (Phi) is 7.25. The predicted octanol–water partition coefficient (Wildman–Crippen LogP) is 2.64. The normalized spacial score (nSPS) is 15.3. The molecule has 0 unspecified atom stereocenters. The molecule has 1 aromatic rings. The Morgan fingerprint density at radius 1 is 1.17 bits per heavy atom. The quantitative estimate of drug-likeness (QED) is 0.743. The van der Waals surface area contributed by atoms with E-state index >= 15 is 0 Å². The number of ether oxygens (including phenoxy) is 1. The first-order valence-electron chi connectivity index (χ1n) is 8.88. The van der Waals surface area contributed by atoms with Crippen LogP contribution in [0.3, 0.4) is 0 Å². The molecular formula is C19H28N2O3. The number of carbonyl (C=O) groups is 2. The maximum atomic E-state index is 12.2. The number of hydrogen-bond acceptors (Lipinski definition) is 4. The minimum Gasteiger partial charge on any atom is -0.494 e. The molecule has 2 N–H and O–H groups in total. The highest BCUT2D eigenvalue weighted by Crippen LogP contribution is 2.18. The Labute approximate surface area is 144 Å². The van der Waals surface area contributed by atoms with E-state index in [-0.39, 0.29) is 24.5 Å². The molecule has 0 aromatic heterocycles. The molecule has 1 aromatic carbocycles. The van der Waals surface area contributed by atoms with Crippen molar-refractivity contribution in [1.82, 2.24) is 4.90 Å². The number of nitrogens with zero attached hydrogens (tertiary/aromatic N) is 1. The minimum atomic E-state index is 0.00207. The van der Waals surface area contributed by atoms with E-state index in [1.54, 1.807) is 12.1 Å². The van der Waals surface area contributed by atoms with Crippen molar-refractivity contribution in [3.63, 3.8) is 0 Å². The number of rotatable bonds is 8. The number of hydrogen-bond donors (Lipinski definition) is 1. The third kappa shape index (κ3) is 5.34. The van der Waals surface area contributed by atoms with Gasteiger partial charge in [0.1, 0.15) is 5.75 Å². The Morgan fingerprint density at radius 2 is 1.83 bits per heavy atom. The summed E-state index contributed by atoms with van der Waals surface area (Å²) in [6.07, 6.45) is 3.42. The number of Topliss-reactive ketones (excluding diaryl/α,β-unsaturated/α-hetero) is 1. The second-order valence-corrected chi connectivity index (χ2v) is 6.36. The number of amides is 1. The lowest BCUT2D eigenvalue weighted by Crippen LogP contribution is -2.40. The molecule has 0 bridgehead atoms. The van der Waals surface area contributed by atoms with Crippen LogP contribution < -0.4 is 10.5 Å². The zero-order valence-corrected chi connectivity index (χ0v) is 14.5. The molecule has 1 aliphatic heterocycles. The van der Waals surface area contributed by atoms with Gasteiger partial charge in [0.15, 0.2) is 5.78 Å². The fourth-order valence-corrected chi connectivity index (χ4v) is 2.90. The Balaban J connectivity index is 1.77. The van der Waals surface area contributed by atoms with E-state index in [1.165, 1.54) is 0 Å². The third-order valence-corrected chi connectivity index (χ3v) is 4.52. The second kappa shape index (κ2) is 9.42. The summed E-state index contributed by atoms with van der Waals surface area (Å²) in [5.41, 5.74) is 6.30. The van der Waals surface area contributed by atoms with Crippen molar-refractivity contribution in [2.45, 2.75) is 39.0 Å². The number of ketones is 1. The van der Waals surface area contributed by atoms with Gasteiger partial charge < -0.3 is 15.4 Å². The summed E-state index contributed by atoms with van der Waals surface area (Å²) >= 11 is 0. The van der Waals surface area contributed by atoms with Gasteiger partial charge in [-0.05, 0) is 56.0 Å². The van der Waals surface area contributed by atoms with Gasteiger partial charge in [0.25, 0.3) is 0 Å². The third-order valence-electron chi connectivity index (χ3n) is 4.52. The van der Waals surface area contributed by atoms with Gasteiger partial charge in [0, 0.05) is 31.5 Å². The van der Waals surface area contributed by atoms with Crippen LogP contribution in [-0.4, -0.2) is 42.8 Å². The van der Waals surface area contributed by atoms with E-state index in [4.69, 9.17) is 10.5 Å². The van der Waals surface area contributed by atoms with Crippen molar-refractivity contribution in [2.75, 3.05) is 26.2 Å². The van der Waals surface area contributed by atoms with Crippen LogP contribution in [0, 0.1) is 5.92 Å². The van der Waals surface area contributed by atoms with Crippen LogP contribution in [0.1, 0.15) is 49.4 Å². The number of nitrogens with two attached hydrogens (primary N) is 1. The molecule has 1 aliphatic rings. The summed E-state index contributed by atoms with van der Waals surface area (Å²) in [5, 5.41) is 0. The van der Waals surface area contributed by atoms with Crippen LogP contribution in [0.4, 0.5) is 0 Å². The first kappa shape index (κ1) is 18.5. The summed E-state index contributed by atoms with van der Waals surface area (Å²) in [7, 11) is 0. The summed E-state index contributed by atoms with van der Waals surface area (Å²) in [6, 6.07) is 7.15. The lowest BCUT2D eigenvalue weighted by Gasteiger charge is -2.31. The van der Waals surface area contributed by atoms with Crippen molar-refractivity contribution in [2.24, 2.45) is 11.7 Å². The van der Waals surface area contributed by atoms with Crippen LogP contribution in [0.15, 0.2) is 24.3 Å². The highest BCUT2D eigenvalue weighted by molar-refractivity contribution is 5.98. The Morgan fingerprint density at radius 3 is 2.42 bits per heavy atom. The van der Waals surface area contributed by atoms with Gasteiger partial charge in [-0.3, -0.25) is 9.59 Å². The van der Waals surface area contributed by atoms with E-state index in [0.717, 1.165) is 38.1 Å². The average molecular weight is 332 g/mol. The van der Waals surface area contributed by atoms with Crippen LogP contribution in [0.2, 0.25) is 0 Å². The Bertz CT molecular complexity index is 534. The van der Waals surface area contributed by atoms with E-state index in [9.17, 15) is 9.59 Å². The molecule has 1 fully saturated rings. The maximum Gasteiger partial charge on any atom is 0.223 e. The highest BCUT2D eigenvalue weighted by Gasteiger charge is 2.22. The first-order chi connectivity index (χ1) is 11.6. The lowest BCUT2D eigenvalue weighted by atomic mass is 9.96. The number of benzene rings is 1. The van der Waals surface area contributed by atoms with Crippen molar-refractivity contribution in [1.29, 1.82) is 0 Å². The summed E-state index contributed by atoms with van der Waals surface area (Å²) < 4.78 is 5.50. The SMILES string of the molecule is CCCOc1ccc(C(=O)CCC(=O)N2CCC(CN)CC2)cc1. The van der Waals surface area contributed by atoms with E-state index in [0.29, 0.717) is 24.6 Å². The molecule has 2 rings (SSSR count). The van der Waals surface area contributed by atoms with Gasteiger partial charge >= 0.3 is 0 Å². The molecule has 0 radical (unpaired) electrons. The highest BCUT2D eigenvalue weighted by atomic mass is 16.5. The average Bonchev–Trinajstić information content (AvgIpc) is 2.64. The molecule has 5 heteroatoms. The largest absolute Gasteiger partial charge is 0.494 e. The Hall–Kier alpha value is -1.88. The molecule has 1 saturated heterocycles. The number of likely N-dealkylation sites (tertiary alicyclic amines) is 1. The van der Waals surface area contributed by atoms with Gasteiger partial charge in [0.05, 0.1) is 6.61 Å². The molecule has 24 heavy (non-hydrogen) atoms. The topological polar surface area (TPSA) is 72.6 Å². The minimum absolute atomic E-state index is 0.00207. The van der Waals surface area contributed by atoms with Crippen molar-refractivity contribution in [3.8, 4) is 5.75 Å². The van der Waals surface area contributed by atoms with E-state index in [2.05, 4.69) is 0 Å². The molecule has 132 valence electrons. The number of carbonyl (C=O) groups excluding carboxylic acids is 2. The number of piperidine rings is 1. The van der Waals surface area contributed by atoms with E-state index in [1.807, 2.05) is 24.0 Å². The molecule has 0 aliphatic carbocycles. The van der Waals surface area contributed by atoms with Gasteiger partial charge in [-0.15, -0.1) is 0 Å². The first-order valence-corrected chi connectivity index (χ1v) is 8.88. The summed E-state index contributed by atoms with van der Waals surface area (Å²) in [5.74, 6) is 1.38. The van der Waals surface area contributed by atoms with Gasteiger partial charge in [-0.2, -0.15) is 0 Å². The molecule has 0 spiro atoms. The second-order valence-electron chi connectivity index (χ2n) is 6.36. The molecule has 1 amide bonds. The van der Waals surface area contributed by atoms with Gasteiger partial charge in [0.2, 0.25) is 5.91 Å². The standard InChI is InChI=1S/C19H28N2O3/c1-2-13-24-17-5-3-16(4-6-17)18(22)7-8-19(23)21-11-9-15(14-20)10-12-21/h3-6,15H,2,7-14,20H2,1H3. The predicted molar refractivity (Wildman–Crippen MR) is 94.2 cm³/mol. The van der Waals surface area contributed by atoms with Crippen LogP contribution in [0.25, 0.3) is 0 Å². The van der Waals surface area contributed by atoms with Crippen LogP contribution >= 0.6 is 0 Å². The molecular weight excluding hydrogens is 304 g/mol.